The van der Waals surface area contributed by atoms with Crippen LogP contribution in [0.4, 0.5) is 5.69 Å². The van der Waals surface area contributed by atoms with Crippen molar-refractivity contribution in [2.24, 2.45) is 10.2 Å². The first kappa shape index (κ1) is 10.5. The second-order valence-electron chi connectivity index (χ2n) is 2.41. The fraction of sp³-hybridized carbons (Fsp3) is 0. The largest absolute Gasteiger partial charge is 0.398 e. The Hall–Kier alpha value is -1.60. The zero-order valence-corrected chi connectivity index (χ0v) is 8.03. The van der Waals surface area contributed by atoms with Gasteiger partial charge in [-0.05, 0) is 12.1 Å². The number of nitrogens with one attached hydrogen (secondary N) is 1. The number of nitrogen functional groups attached to an aromatic ring is 1. The summed E-state index contributed by atoms with van der Waals surface area (Å²) in [4.78, 5) is -0.0356. The molecular formula is C7H10N4O2S. The second kappa shape index (κ2) is 4.07. The Kier molecular flexibility index (Phi) is 3.05. The molecule has 6 nitrogen and oxygen atoms in total. The molecule has 0 heterocycles. The van der Waals surface area contributed by atoms with E-state index in [1.807, 2.05) is 5.43 Å². The maximum atomic E-state index is 11.4. The van der Waals surface area contributed by atoms with Crippen molar-refractivity contribution in [3.8, 4) is 0 Å². The first-order chi connectivity index (χ1) is 6.58. The number of anilines is 1. The molecule has 0 bridgehead atoms. The molecule has 0 saturated carbocycles. The number of nitrogens with two attached hydrogens (primary N) is 2. The van der Waals surface area contributed by atoms with Gasteiger partial charge in [0, 0.05) is 0 Å². The number of hydrogen-bond donors (Lipinski definition) is 3. The van der Waals surface area contributed by atoms with Crippen molar-refractivity contribution in [1.29, 1.82) is 0 Å². The minimum Gasteiger partial charge on any atom is -0.398 e. The summed E-state index contributed by atoms with van der Waals surface area (Å²) in [6.07, 6.45) is 0.877. The van der Waals surface area contributed by atoms with Crippen molar-refractivity contribution in [2.75, 3.05) is 5.73 Å². The molecule has 0 aromatic heterocycles. The normalized spacial score (nSPS) is 11.8. The average Bonchev–Trinajstić information content (AvgIpc) is 2.15. The maximum absolute atomic E-state index is 11.4. The van der Waals surface area contributed by atoms with E-state index in [1.165, 1.54) is 12.1 Å². The molecule has 0 aliphatic rings. The van der Waals surface area contributed by atoms with Crippen LogP contribution in [0.5, 0.6) is 0 Å². The van der Waals surface area contributed by atoms with E-state index < -0.39 is 10.0 Å². The van der Waals surface area contributed by atoms with Crippen LogP contribution in [0.2, 0.25) is 0 Å². The number of benzene rings is 1. The topological polar surface area (TPSA) is 111 Å². The van der Waals surface area contributed by atoms with Crippen molar-refractivity contribution < 1.29 is 8.42 Å². The molecule has 0 radical (unpaired) electrons. The average molecular weight is 214 g/mol. The van der Waals surface area contributed by atoms with Crippen LogP contribution in [-0.2, 0) is 10.0 Å². The molecule has 0 saturated heterocycles. The monoisotopic (exact) mass is 214 g/mol. The predicted octanol–water partition coefficient (Wildman–Crippen LogP) is -0.551. The summed E-state index contributed by atoms with van der Waals surface area (Å²) in [6, 6.07) is 6.06. The van der Waals surface area contributed by atoms with E-state index in [-0.39, 0.29) is 10.6 Å². The van der Waals surface area contributed by atoms with Gasteiger partial charge in [-0.25, -0.2) is 5.84 Å². The lowest BCUT2D eigenvalue weighted by atomic mass is 10.3. The summed E-state index contributed by atoms with van der Waals surface area (Å²) in [5.41, 5.74) is 7.63. The van der Waals surface area contributed by atoms with Gasteiger partial charge in [-0.2, -0.15) is 8.42 Å². The van der Waals surface area contributed by atoms with Crippen molar-refractivity contribution in [3.05, 3.63) is 24.3 Å². The second-order valence-corrected chi connectivity index (χ2v) is 4.01. The van der Waals surface area contributed by atoms with Crippen LogP contribution in [0.3, 0.4) is 0 Å². The van der Waals surface area contributed by atoms with E-state index in [1.54, 1.807) is 12.1 Å². The Morgan fingerprint density at radius 1 is 1.36 bits per heavy atom. The van der Waals surface area contributed by atoms with Gasteiger partial charge in [0.05, 0.1) is 5.69 Å². The smallest absolute Gasteiger partial charge is 0.285 e. The highest BCUT2D eigenvalue weighted by atomic mass is 32.2. The Bertz CT molecular complexity index is 441. The molecule has 1 aromatic carbocycles. The molecule has 1 aromatic rings. The Morgan fingerprint density at radius 2 is 2.00 bits per heavy atom. The van der Waals surface area contributed by atoms with E-state index in [0.29, 0.717) is 0 Å². The number of sulfonamides is 1. The van der Waals surface area contributed by atoms with E-state index in [2.05, 4.69) is 4.40 Å². The van der Waals surface area contributed by atoms with Gasteiger partial charge < -0.3 is 11.2 Å². The van der Waals surface area contributed by atoms with Crippen LogP contribution in [-0.4, -0.2) is 14.8 Å². The quantitative estimate of drug-likeness (QED) is 0.205. The number of nitrogens with zero attached hydrogens (tertiary/aromatic N) is 1. The molecule has 0 atom stereocenters. The molecular weight excluding hydrogens is 204 g/mol. The van der Waals surface area contributed by atoms with E-state index in [4.69, 9.17) is 11.6 Å². The van der Waals surface area contributed by atoms with Crippen molar-refractivity contribution in [2.45, 2.75) is 4.90 Å². The molecule has 7 heteroatoms. The molecule has 5 N–H and O–H groups in total. The summed E-state index contributed by atoms with van der Waals surface area (Å²) in [5, 5.41) is 0. The van der Waals surface area contributed by atoms with Crippen LogP contribution in [0.15, 0.2) is 33.6 Å². The Morgan fingerprint density at radius 3 is 2.57 bits per heavy atom. The molecule has 76 valence electrons. The summed E-state index contributed by atoms with van der Waals surface area (Å²) in [6.45, 7) is 0. The van der Waals surface area contributed by atoms with E-state index in [9.17, 15) is 8.42 Å². The van der Waals surface area contributed by atoms with E-state index in [0.717, 1.165) is 6.34 Å². The molecule has 14 heavy (non-hydrogen) atoms. The van der Waals surface area contributed by atoms with Gasteiger partial charge in [-0.3, -0.25) is 0 Å². The zero-order chi connectivity index (χ0) is 10.6. The molecule has 0 aliphatic carbocycles. The molecule has 0 amide bonds. The van der Waals surface area contributed by atoms with Gasteiger partial charge >= 0.3 is 0 Å². The van der Waals surface area contributed by atoms with Gasteiger partial charge in [0.1, 0.15) is 11.2 Å². The number of hydrazine groups is 1. The Balaban J connectivity index is 3.18. The molecule has 1 rings (SSSR count). The summed E-state index contributed by atoms with van der Waals surface area (Å²) in [5.74, 6) is 4.86. The minimum atomic E-state index is -3.75. The summed E-state index contributed by atoms with van der Waals surface area (Å²) < 4.78 is 26.1. The fourth-order valence-electron chi connectivity index (χ4n) is 0.872. The van der Waals surface area contributed by atoms with Crippen LogP contribution in [0.25, 0.3) is 0 Å². The fourth-order valence-corrected chi connectivity index (χ4v) is 1.80. The molecule has 0 aliphatic heterocycles. The lowest BCUT2D eigenvalue weighted by Gasteiger charge is -2.01. The third kappa shape index (κ3) is 2.21. The van der Waals surface area contributed by atoms with Gasteiger partial charge in [0.15, 0.2) is 0 Å². The minimum absolute atomic E-state index is 0.0356. The van der Waals surface area contributed by atoms with Gasteiger partial charge in [-0.15, -0.1) is 4.40 Å². The van der Waals surface area contributed by atoms with Crippen LogP contribution in [0.1, 0.15) is 0 Å². The highest BCUT2D eigenvalue weighted by Crippen LogP contribution is 2.18. The zero-order valence-electron chi connectivity index (χ0n) is 7.21. The molecule has 0 fully saturated rings. The van der Waals surface area contributed by atoms with Crippen LogP contribution in [0, 0.1) is 0 Å². The number of rotatable bonds is 3. The first-order valence-electron chi connectivity index (χ1n) is 3.67. The van der Waals surface area contributed by atoms with E-state index >= 15 is 0 Å². The Labute approximate surface area is 81.7 Å². The summed E-state index contributed by atoms with van der Waals surface area (Å²) >= 11 is 0. The summed E-state index contributed by atoms with van der Waals surface area (Å²) in [7, 11) is -3.75. The van der Waals surface area contributed by atoms with Gasteiger partial charge in [-0.1, -0.05) is 12.1 Å². The highest BCUT2D eigenvalue weighted by Gasteiger charge is 2.14. The molecule has 0 spiro atoms. The van der Waals surface area contributed by atoms with Crippen molar-refractivity contribution >= 4 is 22.0 Å². The van der Waals surface area contributed by atoms with Gasteiger partial charge in [0.25, 0.3) is 10.0 Å². The predicted molar refractivity (Wildman–Crippen MR) is 53.9 cm³/mol. The van der Waals surface area contributed by atoms with Crippen LogP contribution < -0.4 is 17.0 Å². The SMILES string of the molecule is NNC=NS(=O)(=O)c1ccccc1N. The standard InChI is InChI=1S/C7H10N4O2S/c8-6-3-1-2-4-7(6)14(12,13)11-5-10-9/h1-5H,8-9H2,(H,10,11). The van der Waals surface area contributed by atoms with Crippen LogP contribution >= 0.6 is 0 Å². The third-order valence-electron chi connectivity index (χ3n) is 1.46. The lowest BCUT2D eigenvalue weighted by Crippen LogP contribution is -2.20. The maximum Gasteiger partial charge on any atom is 0.285 e. The van der Waals surface area contributed by atoms with Gasteiger partial charge in [0.2, 0.25) is 0 Å². The molecule has 0 unspecified atom stereocenters. The highest BCUT2D eigenvalue weighted by molar-refractivity contribution is 7.90. The lowest BCUT2D eigenvalue weighted by molar-refractivity contribution is 0.598. The first-order valence-corrected chi connectivity index (χ1v) is 5.11. The van der Waals surface area contributed by atoms with Crippen molar-refractivity contribution in [1.82, 2.24) is 5.43 Å². The number of hydrogen-bond acceptors (Lipinski definition) is 4. The van der Waals surface area contributed by atoms with Crippen molar-refractivity contribution in [3.63, 3.8) is 0 Å². The number of para-hydroxylation sites is 1. The third-order valence-corrected chi connectivity index (χ3v) is 2.77.